The molecule has 1 spiro atoms. The highest BCUT2D eigenvalue weighted by Gasteiger charge is 2.71. The molecule has 0 aromatic carbocycles. The third-order valence-corrected chi connectivity index (χ3v) is 10.9. The number of allylic oxidation sites excluding steroid dienone is 6. The first-order chi connectivity index (χ1) is 13.2. The van der Waals surface area contributed by atoms with Crippen molar-refractivity contribution in [3.05, 3.63) is 35.5 Å². The molecule has 3 fully saturated rings. The molecule has 8 atom stereocenters. The van der Waals surface area contributed by atoms with Gasteiger partial charge in [-0.1, -0.05) is 71.4 Å². The van der Waals surface area contributed by atoms with Crippen LogP contribution >= 0.6 is 0 Å². The van der Waals surface area contributed by atoms with Crippen LogP contribution in [0.2, 0.25) is 0 Å². The fourth-order valence-electron chi connectivity index (χ4n) is 8.42. The lowest BCUT2D eigenvalue weighted by molar-refractivity contribution is 0.0893. The Bertz CT molecular complexity index is 750. The molecule has 0 aromatic rings. The summed E-state index contributed by atoms with van der Waals surface area (Å²) in [4.78, 5) is 0. The van der Waals surface area contributed by atoms with Crippen molar-refractivity contribution >= 4 is 0 Å². The van der Waals surface area contributed by atoms with Gasteiger partial charge in [0, 0.05) is 0 Å². The number of fused-ring (bicyclic) bond motifs is 3. The van der Waals surface area contributed by atoms with Crippen molar-refractivity contribution in [2.45, 2.75) is 86.5 Å². The second-order valence-corrected chi connectivity index (χ2v) is 12.2. The van der Waals surface area contributed by atoms with E-state index in [0.29, 0.717) is 28.1 Å². The molecule has 5 aliphatic carbocycles. The summed E-state index contributed by atoms with van der Waals surface area (Å²) < 4.78 is 0. The van der Waals surface area contributed by atoms with Crippen molar-refractivity contribution in [3.8, 4) is 0 Å². The van der Waals surface area contributed by atoms with Gasteiger partial charge >= 0.3 is 0 Å². The van der Waals surface area contributed by atoms with Crippen LogP contribution in [0.15, 0.2) is 35.5 Å². The van der Waals surface area contributed by atoms with Gasteiger partial charge in [0.2, 0.25) is 0 Å². The Labute approximate surface area is 173 Å². The molecule has 0 N–H and O–H groups in total. The molecule has 5 rings (SSSR count). The number of hydrogen-bond donors (Lipinski definition) is 0. The first kappa shape index (κ1) is 19.2. The van der Waals surface area contributed by atoms with E-state index in [1.807, 2.05) is 11.1 Å². The molecule has 0 unspecified atom stereocenters. The Morgan fingerprint density at radius 1 is 1.00 bits per heavy atom. The molecule has 0 nitrogen and oxygen atoms in total. The fourth-order valence-corrected chi connectivity index (χ4v) is 8.42. The van der Waals surface area contributed by atoms with Gasteiger partial charge in [-0.3, -0.25) is 0 Å². The molecular formula is C28H42. The van der Waals surface area contributed by atoms with E-state index in [1.54, 1.807) is 0 Å². The maximum Gasteiger partial charge on any atom is -0.00239 e. The zero-order chi connectivity index (χ0) is 19.9. The molecule has 0 saturated heterocycles. The van der Waals surface area contributed by atoms with Gasteiger partial charge in [-0.25, -0.2) is 0 Å². The van der Waals surface area contributed by atoms with E-state index in [4.69, 9.17) is 0 Å². The summed E-state index contributed by atoms with van der Waals surface area (Å²) in [7, 11) is 0. The Morgan fingerprint density at radius 2 is 1.79 bits per heavy atom. The van der Waals surface area contributed by atoms with Crippen LogP contribution in [0.3, 0.4) is 0 Å². The van der Waals surface area contributed by atoms with Gasteiger partial charge in [0.1, 0.15) is 0 Å². The molecule has 0 aliphatic heterocycles. The van der Waals surface area contributed by atoms with Gasteiger partial charge in [0.05, 0.1) is 0 Å². The largest absolute Gasteiger partial charge is 0.0852 e. The summed E-state index contributed by atoms with van der Waals surface area (Å²) in [6.07, 6.45) is 20.5. The Hall–Kier alpha value is -0.780. The Balaban J connectivity index is 1.45. The van der Waals surface area contributed by atoms with Gasteiger partial charge in [0.25, 0.3) is 0 Å². The quantitative estimate of drug-likeness (QED) is 0.435. The van der Waals surface area contributed by atoms with E-state index in [1.165, 1.54) is 44.9 Å². The summed E-state index contributed by atoms with van der Waals surface area (Å²) >= 11 is 0. The molecular weight excluding hydrogens is 336 g/mol. The second-order valence-electron chi connectivity index (χ2n) is 12.2. The van der Waals surface area contributed by atoms with Crippen LogP contribution in [0, 0.1) is 51.8 Å². The number of rotatable bonds is 4. The first-order valence-electron chi connectivity index (χ1n) is 12.3. The van der Waals surface area contributed by atoms with Crippen molar-refractivity contribution in [2.75, 3.05) is 0 Å². The van der Waals surface area contributed by atoms with Crippen molar-refractivity contribution in [1.82, 2.24) is 0 Å². The van der Waals surface area contributed by atoms with Crippen LogP contribution in [-0.2, 0) is 0 Å². The summed E-state index contributed by atoms with van der Waals surface area (Å²) in [6.45, 7) is 14.9. The highest BCUT2D eigenvalue weighted by atomic mass is 14.7. The van der Waals surface area contributed by atoms with Crippen molar-refractivity contribution in [1.29, 1.82) is 0 Å². The topological polar surface area (TPSA) is 0 Å². The summed E-state index contributed by atoms with van der Waals surface area (Å²) in [5, 5.41) is 0. The molecule has 28 heavy (non-hydrogen) atoms. The van der Waals surface area contributed by atoms with Crippen LogP contribution in [0.5, 0.6) is 0 Å². The van der Waals surface area contributed by atoms with E-state index < -0.39 is 0 Å². The maximum absolute atomic E-state index is 2.70. The molecule has 0 bridgehead atoms. The maximum atomic E-state index is 2.70. The molecule has 0 aromatic heterocycles. The first-order valence-corrected chi connectivity index (χ1v) is 12.3. The van der Waals surface area contributed by atoms with E-state index in [2.05, 4.69) is 65.8 Å². The SMILES string of the molecule is CC(C)[C@@H](C)C=C[C@@H](C)[C@H]1CCC2=C3C=C[C@]45C[C@H]4CC[C@]5(C)[C@H]3CC[C@@]21C. The van der Waals surface area contributed by atoms with Crippen molar-refractivity contribution < 1.29 is 0 Å². The van der Waals surface area contributed by atoms with E-state index in [-0.39, 0.29) is 0 Å². The second kappa shape index (κ2) is 6.12. The standard InChI is InChI=1S/C28H42/c1-18(2)19(3)7-8-20(4)23-9-10-24-22-12-16-28-17-21(28)11-15-27(28,6)25(22)13-14-26(23,24)5/h7-8,12,16,18-21,23,25H,9-11,13-15,17H2,1-6H3/t19-,20+,21+,23+,25-,26+,27+,28-/m0/s1. The van der Waals surface area contributed by atoms with Gasteiger partial charge in [-0.2, -0.15) is 0 Å². The fraction of sp³-hybridized carbons (Fsp3) is 0.786. The lowest BCUT2D eigenvalue weighted by atomic mass is 9.53. The Kier molecular flexibility index (Phi) is 4.19. The summed E-state index contributed by atoms with van der Waals surface area (Å²) in [6, 6.07) is 0. The summed E-state index contributed by atoms with van der Waals surface area (Å²) in [5.74, 6) is 4.86. The van der Waals surface area contributed by atoms with Crippen molar-refractivity contribution in [3.63, 3.8) is 0 Å². The molecule has 0 heterocycles. The van der Waals surface area contributed by atoms with Crippen LogP contribution < -0.4 is 0 Å². The third kappa shape index (κ3) is 2.36. The predicted molar refractivity (Wildman–Crippen MR) is 120 cm³/mol. The van der Waals surface area contributed by atoms with Gasteiger partial charge in [-0.05, 0) is 102 Å². The minimum Gasteiger partial charge on any atom is -0.0852 e. The van der Waals surface area contributed by atoms with E-state index >= 15 is 0 Å². The van der Waals surface area contributed by atoms with Gasteiger partial charge < -0.3 is 0 Å². The average Bonchev–Trinajstić information content (AvgIpc) is 3.14. The highest BCUT2D eigenvalue weighted by Crippen LogP contribution is 2.79. The highest BCUT2D eigenvalue weighted by molar-refractivity contribution is 5.46. The zero-order valence-corrected chi connectivity index (χ0v) is 19.2. The molecule has 5 aliphatic rings. The lowest BCUT2D eigenvalue weighted by Gasteiger charge is -2.51. The lowest BCUT2D eigenvalue weighted by Crippen LogP contribution is -2.42. The third-order valence-electron chi connectivity index (χ3n) is 10.9. The molecule has 0 radical (unpaired) electrons. The normalized spacial score (nSPS) is 48.5. The smallest absolute Gasteiger partial charge is 0.00239 e. The molecule has 3 saturated carbocycles. The number of hydrogen-bond acceptors (Lipinski definition) is 0. The van der Waals surface area contributed by atoms with E-state index in [9.17, 15) is 0 Å². The van der Waals surface area contributed by atoms with Gasteiger partial charge in [-0.15, -0.1) is 0 Å². The van der Waals surface area contributed by atoms with Crippen LogP contribution in [-0.4, -0.2) is 0 Å². The predicted octanol–water partition coefficient (Wildman–Crippen LogP) is 7.97. The zero-order valence-electron chi connectivity index (χ0n) is 19.2. The minimum absolute atomic E-state index is 0.448. The molecule has 0 amide bonds. The summed E-state index contributed by atoms with van der Waals surface area (Å²) in [5.41, 5.74) is 5.32. The van der Waals surface area contributed by atoms with Crippen LogP contribution in [0.25, 0.3) is 0 Å². The van der Waals surface area contributed by atoms with Gasteiger partial charge in [0.15, 0.2) is 0 Å². The molecule has 154 valence electrons. The van der Waals surface area contributed by atoms with Crippen LogP contribution in [0.4, 0.5) is 0 Å². The van der Waals surface area contributed by atoms with Crippen LogP contribution in [0.1, 0.15) is 86.5 Å². The molecule has 0 heteroatoms. The average molecular weight is 379 g/mol. The monoisotopic (exact) mass is 378 g/mol. The van der Waals surface area contributed by atoms with Crippen molar-refractivity contribution in [2.24, 2.45) is 51.8 Å². The minimum atomic E-state index is 0.448. The Morgan fingerprint density at radius 3 is 2.50 bits per heavy atom. The van der Waals surface area contributed by atoms with E-state index in [0.717, 1.165) is 23.7 Å².